The Balaban J connectivity index is 3.07. The molecule has 1 unspecified atom stereocenters. The highest BCUT2D eigenvalue weighted by molar-refractivity contribution is 9.10. The van der Waals surface area contributed by atoms with Crippen LogP contribution < -0.4 is 4.90 Å². The molecular weight excluding hydrogens is 266 g/mol. The number of anilines is 1. The maximum absolute atomic E-state index is 11.0. The van der Waals surface area contributed by atoms with Crippen LogP contribution >= 0.6 is 15.9 Å². The molecule has 0 aliphatic carbocycles. The van der Waals surface area contributed by atoms with E-state index in [1.54, 1.807) is 0 Å². The Kier molecular flexibility index (Phi) is 4.54. The lowest BCUT2D eigenvalue weighted by atomic mass is 10.0. The van der Waals surface area contributed by atoms with Gasteiger partial charge in [0.25, 0.3) is 0 Å². The molecule has 0 bridgehead atoms. The van der Waals surface area contributed by atoms with Crippen molar-refractivity contribution < 1.29 is 4.79 Å². The highest BCUT2D eigenvalue weighted by Gasteiger charge is 2.16. The Labute approximate surface area is 106 Å². The molecule has 1 aromatic rings. The van der Waals surface area contributed by atoms with E-state index in [1.807, 2.05) is 25.2 Å². The van der Waals surface area contributed by atoms with E-state index in [4.69, 9.17) is 0 Å². The van der Waals surface area contributed by atoms with Crippen molar-refractivity contribution in [3.63, 3.8) is 0 Å². The van der Waals surface area contributed by atoms with E-state index in [-0.39, 0.29) is 0 Å². The van der Waals surface area contributed by atoms with Crippen molar-refractivity contribution in [1.29, 1.82) is 0 Å². The van der Waals surface area contributed by atoms with Crippen LogP contribution in [0.2, 0.25) is 0 Å². The number of aldehydes is 1. The molecule has 2 nitrogen and oxygen atoms in total. The topological polar surface area (TPSA) is 20.3 Å². The summed E-state index contributed by atoms with van der Waals surface area (Å²) in [5.41, 5.74) is 1.71. The Morgan fingerprint density at radius 1 is 1.31 bits per heavy atom. The molecule has 0 fully saturated rings. The zero-order valence-corrected chi connectivity index (χ0v) is 11.8. The zero-order valence-electron chi connectivity index (χ0n) is 10.2. The molecule has 1 aromatic carbocycles. The van der Waals surface area contributed by atoms with Crippen molar-refractivity contribution in [2.24, 2.45) is 5.92 Å². The van der Waals surface area contributed by atoms with Crippen LogP contribution in [0.25, 0.3) is 0 Å². The second-order valence-electron chi connectivity index (χ2n) is 4.42. The van der Waals surface area contributed by atoms with Gasteiger partial charge < -0.3 is 4.90 Å². The summed E-state index contributed by atoms with van der Waals surface area (Å²) in [6.07, 6.45) is 0.906. The third kappa shape index (κ3) is 2.85. The van der Waals surface area contributed by atoms with Crippen LogP contribution in [-0.2, 0) is 0 Å². The minimum atomic E-state index is 0.403. The van der Waals surface area contributed by atoms with Crippen molar-refractivity contribution in [3.05, 3.63) is 28.2 Å². The van der Waals surface area contributed by atoms with E-state index in [2.05, 4.69) is 41.6 Å². The molecule has 1 atom stereocenters. The molecule has 0 saturated heterocycles. The minimum Gasteiger partial charge on any atom is -0.371 e. The summed E-state index contributed by atoms with van der Waals surface area (Å²) in [7, 11) is 2.03. The Morgan fingerprint density at radius 3 is 2.44 bits per heavy atom. The van der Waals surface area contributed by atoms with Crippen molar-refractivity contribution in [2.45, 2.75) is 26.8 Å². The molecule has 0 saturated carbocycles. The van der Waals surface area contributed by atoms with Crippen LogP contribution in [-0.4, -0.2) is 19.4 Å². The molecule has 88 valence electrons. The molecule has 3 heteroatoms. The Morgan fingerprint density at radius 2 is 1.94 bits per heavy atom. The van der Waals surface area contributed by atoms with Crippen molar-refractivity contribution in [2.75, 3.05) is 11.9 Å². The SMILES string of the molecule is CC(C)C(C)N(C)c1ccc(Br)cc1C=O. The van der Waals surface area contributed by atoms with Crippen LogP contribution in [0.1, 0.15) is 31.1 Å². The van der Waals surface area contributed by atoms with Gasteiger partial charge in [0.15, 0.2) is 6.29 Å². The number of carbonyl (C=O) groups excluding carboxylic acids is 1. The first-order valence-electron chi connectivity index (χ1n) is 5.45. The van der Waals surface area contributed by atoms with Crippen LogP contribution in [0, 0.1) is 5.92 Å². The summed E-state index contributed by atoms with van der Waals surface area (Å²) in [4.78, 5) is 13.2. The number of hydrogen-bond acceptors (Lipinski definition) is 2. The lowest BCUT2D eigenvalue weighted by molar-refractivity contribution is 0.112. The van der Waals surface area contributed by atoms with Gasteiger partial charge in [-0.3, -0.25) is 4.79 Å². The Bertz CT molecular complexity index is 376. The Hall–Kier alpha value is -0.830. The predicted molar refractivity (Wildman–Crippen MR) is 72.2 cm³/mol. The summed E-state index contributed by atoms with van der Waals surface area (Å²) in [5.74, 6) is 0.549. The van der Waals surface area contributed by atoms with Gasteiger partial charge in [-0.2, -0.15) is 0 Å². The molecule has 0 aromatic heterocycles. The third-order valence-corrected chi connectivity index (χ3v) is 3.57. The van der Waals surface area contributed by atoms with E-state index in [9.17, 15) is 4.79 Å². The summed E-state index contributed by atoms with van der Waals surface area (Å²) >= 11 is 3.37. The number of halogens is 1. The van der Waals surface area contributed by atoms with Gasteiger partial charge in [-0.25, -0.2) is 0 Å². The van der Waals surface area contributed by atoms with Gasteiger partial charge in [-0.15, -0.1) is 0 Å². The monoisotopic (exact) mass is 283 g/mol. The van der Waals surface area contributed by atoms with E-state index in [1.165, 1.54) is 0 Å². The van der Waals surface area contributed by atoms with Crippen LogP contribution in [0.4, 0.5) is 5.69 Å². The smallest absolute Gasteiger partial charge is 0.152 e. The first-order valence-corrected chi connectivity index (χ1v) is 6.24. The molecule has 1 rings (SSSR count). The van der Waals surface area contributed by atoms with Gasteiger partial charge in [0, 0.05) is 28.8 Å². The number of carbonyl (C=O) groups is 1. The molecule has 16 heavy (non-hydrogen) atoms. The average molecular weight is 284 g/mol. The molecule has 0 amide bonds. The molecule has 0 radical (unpaired) electrons. The largest absolute Gasteiger partial charge is 0.371 e. The fourth-order valence-corrected chi connectivity index (χ4v) is 1.99. The molecule has 0 N–H and O–H groups in total. The summed E-state index contributed by atoms with van der Waals surface area (Å²) < 4.78 is 0.934. The number of rotatable bonds is 4. The fraction of sp³-hybridized carbons (Fsp3) is 0.462. The normalized spacial score (nSPS) is 12.6. The highest BCUT2D eigenvalue weighted by Crippen LogP contribution is 2.25. The predicted octanol–water partition coefficient (Wildman–Crippen LogP) is 3.74. The molecule has 0 spiro atoms. The highest BCUT2D eigenvalue weighted by atomic mass is 79.9. The van der Waals surface area contributed by atoms with Crippen LogP contribution in [0.3, 0.4) is 0 Å². The van der Waals surface area contributed by atoms with Gasteiger partial charge in [0.2, 0.25) is 0 Å². The standard InChI is InChI=1S/C13H18BrNO/c1-9(2)10(3)15(4)13-6-5-12(14)7-11(13)8-16/h5-10H,1-4H3. The first-order chi connectivity index (χ1) is 7.47. The molecule has 0 aliphatic heterocycles. The van der Waals surface area contributed by atoms with Gasteiger partial charge in [0.1, 0.15) is 0 Å². The average Bonchev–Trinajstić information content (AvgIpc) is 2.26. The van der Waals surface area contributed by atoms with Crippen molar-refractivity contribution >= 4 is 27.9 Å². The summed E-state index contributed by atoms with van der Waals surface area (Å²) in [6, 6.07) is 6.20. The van der Waals surface area contributed by atoms with E-state index in [0.29, 0.717) is 12.0 Å². The molecule has 0 aliphatic rings. The first kappa shape index (κ1) is 13.2. The summed E-state index contributed by atoms with van der Waals surface area (Å²) in [6.45, 7) is 6.53. The quantitative estimate of drug-likeness (QED) is 0.785. The van der Waals surface area contributed by atoms with Gasteiger partial charge in [0.05, 0.1) is 0 Å². The number of hydrogen-bond donors (Lipinski definition) is 0. The zero-order chi connectivity index (χ0) is 12.3. The van der Waals surface area contributed by atoms with E-state index < -0.39 is 0 Å². The van der Waals surface area contributed by atoms with Crippen molar-refractivity contribution in [1.82, 2.24) is 0 Å². The third-order valence-electron chi connectivity index (χ3n) is 3.07. The number of benzene rings is 1. The van der Waals surface area contributed by atoms with Crippen LogP contribution in [0.5, 0.6) is 0 Å². The van der Waals surface area contributed by atoms with Crippen LogP contribution in [0.15, 0.2) is 22.7 Å². The second kappa shape index (κ2) is 5.48. The lowest BCUT2D eigenvalue weighted by Crippen LogP contribution is -2.33. The number of nitrogens with zero attached hydrogens (tertiary/aromatic N) is 1. The van der Waals surface area contributed by atoms with Gasteiger partial charge in [-0.05, 0) is 31.0 Å². The van der Waals surface area contributed by atoms with Gasteiger partial charge in [-0.1, -0.05) is 29.8 Å². The molecule has 0 heterocycles. The van der Waals surface area contributed by atoms with Crippen molar-refractivity contribution in [3.8, 4) is 0 Å². The maximum Gasteiger partial charge on any atom is 0.152 e. The maximum atomic E-state index is 11.0. The van der Waals surface area contributed by atoms with Gasteiger partial charge >= 0.3 is 0 Å². The second-order valence-corrected chi connectivity index (χ2v) is 5.33. The van der Waals surface area contributed by atoms with E-state index in [0.717, 1.165) is 22.0 Å². The minimum absolute atomic E-state index is 0.403. The summed E-state index contributed by atoms with van der Waals surface area (Å²) in [5, 5.41) is 0. The fourth-order valence-electron chi connectivity index (χ4n) is 1.61. The van der Waals surface area contributed by atoms with E-state index >= 15 is 0 Å². The molecular formula is C13H18BrNO. The lowest BCUT2D eigenvalue weighted by Gasteiger charge is -2.31.